The van der Waals surface area contributed by atoms with Crippen molar-refractivity contribution in [2.45, 2.75) is 19.9 Å². The van der Waals surface area contributed by atoms with Crippen molar-refractivity contribution in [3.63, 3.8) is 0 Å². The van der Waals surface area contributed by atoms with Gasteiger partial charge in [0.25, 0.3) is 0 Å². The van der Waals surface area contributed by atoms with Crippen LogP contribution in [0.2, 0.25) is 0 Å². The number of hydrogen-bond acceptors (Lipinski definition) is 2. The molecule has 0 bridgehead atoms. The fourth-order valence-corrected chi connectivity index (χ4v) is 3.71. The van der Waals surface area contributed by atoms with Gasteiger partial charge in [-0.25, -0.2) is 0 Å². The Labute approximate surface area is 166 Å². The van der Waals surface area contributed by atoms with Crippen molar-refractivity contribution < 1.29 is 5.11 Å². The van der Waals surface area contributed by atoms with Crippen LogP contribution in [-0.4, -0.2) is 11.1 Å². The van der Waals surface area contributed by atoms with Gasteiger partial charge in [0.15, 0.2) is 0 Å². The summed E-state index contributed by atoms with van der Waals surface area (Å²) in [5.41, 5.74) is 5.90. The van der Waals surface area contributed by atoms with E-state index in [1.807, 2.05) is 54.6 Å². The molecule has 0 amide bonds. The van der Waals surface area contributed by atoms with Crippen molar-refractivity contribution in [3.05, 3.63) is 125 Å². The van der Waals surface area contributed by atoms with Crippen molar-refractivity contribution in [2.75, 3.05) is 0 Å². The van der Waals surface area contributed by atoms with Crippen LogP contribution < -0.4 is 5.32 Å². The van der Waals surface area contributed by atoms with Gasteiger partial charge < -0.3 is 10.4 Å². The first-order valence-electron chi connectivity index (χ1n) is 9.65. The zero-order valence-corrected chi connectivity index (χ0v) is 16.2. The smallest absolute Gasteiger partial charge is 0.143 e. The maximum absolute atomic E-state index is 11.4. The van der Waals surface area contributed by atoms with E-state index in [-0.39, 0.29) is 6.04 Å². The lowest BCUT2D eigenvalue weighted by Crippen LogP contribution is -2.26. The molecule has 0 saturated heterocycles. The average Bonchev–Trinajstić information content (AvgIpc) is 3.02. The van der Waals surface area contributed by atoms with Crippen LogP contribution in [0.25, 0.3) is 11.1 Å². The number of hydrogen-bond donors (Lipinski definition) is 2. The first kappa shape index (κ1) is 18.1. The zero-order valence-electron chi connectivity index (χ0n) is 16.2. The fourth-order valence-electron chi connectivity index (χ4n) is 3.71. The zero-order chi connectivity index (χ0) is 19.5. The SMILES string of the molecule is CC(C)NC1=C(O)C(c2ccccc2)=C(c2ccccc2)[C]1c1ccccc1. The normalized spacial score (nSPS) is 14.8. The van der Waals surface area contributed by atoms with Crippen LogP contribution in [-0.2, 0) is 0 Å². The summed E-state index contributed by atoms with van der Waals surface area (Å²) in [5, 5.41) is 14.8. The summed E-state index contributed by atoms with van der Waals surface area (Å²) < 4.78 is 0. The topological polar surface area (TPSA) is 32.3 Å². The monoisotopic (exact) mass is 366 g/mol. The molecule has 4 rings (SSSR count). The van der Waals surface area contributed by atoms with E-state index < -0.39 is 0 Å². The molecule has 1 aliphatic carbocycles. The second-order valence-corrected chi connectivity index (χ2v) is 7.25. The highest BCUT2D eigenvalue weighted by molar-refractivity contribution is 6.09. The van der Waals surface area contributed by atoms with Crippen LogP contribution in [0.15, 0.2) is 102 Å². The maximum atomic E-state index is 11.4. The molecule has 0 atom stereocenters. The van der Waals surface area contributed by atoms with E-state index in [9.17, 15) is 5.11 Å². The number of aliphatic hydroxyl groups excluding tert-OH is 1. The third-order valence-electron chi connectivity index (χ3n) is 4.84. The van der Waals surface area contributed by atoms with Crippen molar-refractivity contribution in [2.24, 2.45) is 0 Å². The number of aliphatic hydroxyl groups is 1. The Morgan fingerprint density at radius 2 is 1.04 bits per heavy atom. The molecule has 0 fully saturated rings. The van der Waals surface area contributed by atoms with Crippen molar-refractivity contribution >= 4 is 11.1 Å². The van der Waals surface area contributed by atoms with Crippen molar-refractivity contribution in [1.29, 1.82) is 0 Å². The molecular formula is C26H24NO. The predicted octanol–water partition coefficient (Wildman–Crippen LogP) is 6.00. The van der Waals surface area contributed by atoms with Crippen molar-refractivity contribution in [1.82, 2.24) is 5.32 Å². The molecule has 139 valence electrons. The Balaban J connectivity index is 2.00. The van der Waals surface area contributed by atoms with Gasteiger partial charge in [-0.05, 0) is 36.1 Å². The van der Waals surface area contributed by atoms with Crippen LogP contribution in [0.3, 0.4) is 0 Å². The fraction of sp³-hybridized carbons (Fsp3) is 0.115. The summed E-state index contributed by atoms with van der Waals surface area (Å²) in [5.74, 6) is 1.34. The van der Waals surface area contributed by atoms with E-state index in [0.717, 1.165) is 39.5 Å². The minimum Gasteiger partial charge on any atom is -0.505 e. The van der Waals surface area contributed by atoms with Gasteiger partial charge in [-0.1, -0.05) is 91.0 Å². The highest BCUT2D eigenvalue weighted by Gasteiger charge is 2.37. The molecule has 3 aromatic rings. The molecule has 2 N–H and O–H groups in total. The third-order valence-corrected chi connectivity index (χ3v) is 4.84. The summed E-state index contributed by atoms with van der Waals surface area (Å²) >= 11 is 0. The van der Waals surface area contributed by atoms with E-state index in [2.05, 4.69) is 55.6 Å². The molecule has 3 aromatic carbocycles. The molecule has 1 aliphatic rings. The van der Waals surface area contributed by atoms with E-state index in [4.69, 9.17) is 0 Å². The highest BCUT2D eigenvalue weighted by Crippen LogP contribution is 2.49. The van der Waals surface area contributed by atoms with Crippen LogP contribution in [0.1, 0.15) is 30.5 Å². The molecule has 0 aliphatic heterocycles. The van der Waals surface area contributed by atoms with E-state index >= 15 is 0 Å². The molecular weight excluding hydrogens is 342 g/mol. The largest absolute Gasteiger partial charge is 0.505 e. The summed E-state index contributed by atoms with van der Waals surface area (Å²) in [6, 6.07) is 30.9. The Kier molecular flexibility index (Phi) is 5.03. The van der Waals surface area contributed by atoms with E-state index in [1.54, 1.807) is 0 Å². The first-order chi connectivity index (χ1) is 13.7. The van der Waals surface area contributed by atoms with Gasteiger partial charge in [0, 0.05) is 11.6 Å². The standard InChI is InChI=1S/C26H24NO/c1-18(2)27-25-23(20-14-8-4-9-15-20)22(19-12-6-3-7-13-19)24(26(25)28)21-16-10-5-11-17-21/h3-18,27-28H,1-2H3. The number of allylic oxidation sites excluding steroid dienone is 2. The lowest BCUT2D eigenvalue weighted by molar-refractivity contribution is 0.425. The summed E-state index contributed by atoms with van der Waals surface area (Å²) in [6.07, 6.45) is 0. The molecule has 28 heavy (non-hydrogen) atoms. The van der Waals surface area contributed by atoms with E-state index in [1.165, 1.54) is 0 Å². The van der Waals surface area contributed by atoms with Gasteiger partial charge in [-0.3, -0.25) is 0 Å². The Morgan fingerprint density at radius 1 is 0.607 bits per heavy atom. The van der Waals surface area contributed by atoms with Crippen molar-refractivity contribution in [3.8, 4) is 0 Å². The van der Waals surface area contributed by atoms with Crippen LogP contribution in [0, 0.1) is 5.92 Å². The molecule has 2 heteroatoms. The second-order valence-electron chi connectivity index (χ2n) is 7.25. The Morgan fingerprint density at radius 3 is 1.50 bits per heavy atom. The predicted molar refractivity (Wildman–Crippen MR) is 116 cm³/mol. The quantitative estimate of drug-likeness (QED) is 0.580. The minimum atomic E-state index is 0.197. The lowest BCUT2D eigenvalue weighted by atomic mass is 9.85. The van der Waals surface area contributed by atoms with Crippen LogP contribution >= 0.6 is 0 Å². The molecule has 0 spiro atoms. The molecule has 0 unspecified atom stereocenters. The summed E-state index contributed by atoms with van der Waals surface area (Å²) in [7, 11) is 0. The Hall–Kier alpha value is -3.26. The number of benzene rings is 3. The van der Waals surface area contributed by atoms with Crippen LogP contribution in [0.5, 0.6) is 0 Å². The second kappa shape index (κ2) is 7.77. The number of nitrogens with one attached hydrogen (secondary N) is 1. The third kappa shape index (κ3) is 3.34. The molecule has 0 aromatic heterocycles. The van der Waals surface area contributed by atoms with E-state index in [0.29, 0.717) is 5.76 Å². The summed E-state index contributed by atoms with van der Waals surface area (Å²) in [4.78, 5) is 0. The number of rotatable bonds is 5. The average molecular weight is 366 g/mol. The van der Waals surface area contributed by atoms with Gasteiger partial charge >= 0.3 is 0 Å². The molecule has 0 saturated carbocycles. The molecule has 2 nitrogen and oxygen atoms in total. The first-order valence-corrected chi connectivity index (χ1v) is 9.65. The van der Waals surface area contributed by atoms with Gasteiger partial charge in [0.2, 0.25) is 0 Å². The highest BCUT2D eigenvalue weighted by atomic mass is 16.3. The van der Waals surface area contributed by atoms with Gasteiger partial charge in [-0.2, -0.15) is 0 Å². The minimum absolute atomic E-state index is 0.197. The van der Waals surface area contributed by atoms with Gasteiger partial charge in [0.1, 0.15) is 5.76 Å². The van der Waals surface area contributed by atoms with Gasteiger partial charge in [-0.15, -0.1) is 0 Å². The maximum Gasteiger partial charge on any atom is 0.143 e. The molecule has 0 heterocycles. The Bertz CT molecular complexity index is 1000. The molecule has 1 radical (unpaired) electrons. The summed E-state index contributed by atoms with van der Waals surface area (Å²) in [6.45, 7) is 4.18. The van der Waals surface area contributed by atoms with Gasteiger partial charge in [0.05, 0.1) is 11.6 Å². The van der Waals surface area contributed by atoms with Crippen LogP contribution in [0.4, 0.5) is 0 Å². The lowest BCUT2D eigenvalue weighted by Gasteiger charge is -2.22.